The first-order valence-corrected chi connectivity index (χ1v) is 9.22. The molecule has 0 spiro atoms. The number of hydrogen-bond donors (Lipinski definition) is 3. The summed E-state index contributed by atoms with van der Waals surface area (Å²) in [6, 6.07) is 5.43. The Hall–Kier alpha value is -3.61. The maximum Gasteiger partial charge on any atom is 0.490 e. The van der Waals surface area contributed by atoms with Crippen molar-refractivity contribution in [2.24, 2.45) is 5.73 Å². The number of fused-ring (bicyclic) bond motifs is 3. The summed E-state index contributed by atoms with van der Waals surface area (Å²) in [4.78, 5) is 24.4. The predicted molar refractivity (Wildman–Crippen MR) is 101 cm³/mol. The summed E-state index contributed by atoms with van der Waals surface area (Å²) < 4.78 is 74.5. The molecule has 2 heterocycles. The lowest BCUT2D eigenvalue weighted by molar-refractivity contribution is -0.192. The molecule has 0 amide bonds. The number of carboxylic acids is 2. The molecule has 2 aromatic carbocycles. The van der Waals surface area contributed by atoms with Gasteiger partial charge in [-0.05, 0) is 29.8 Å². The Balaban J connectivity index is 0.000000383. The van der Waals surface area contributed by atoms with Crippen molar-refractivity contribution in [3.05, 3.63) is 64.7 Å². The van der Waals surface area contributed by atoms with Crippen LogP contribution < -0.4 is 5.73 Å². The minimum absolute atomic E-state index is 0.0148. The van der Waals surface area contributed by atoms with Crippen molar-refractivity contribution in [2.45, 2.75) is 31.1 Å². The van der Waals surface area contributed by atoms with Crippen molar-refractivity contribution in [3.63, 3.8) is 0 Å². The Morgan fingerprint density at radius 3 is 2.21 bits per heavy atom. The number of benzene rings is 2. The molecule has 0 bridgehead atoms. The fraction of sp³-hybridized carbons (Fsp3) is 0.250. The standard InChI is InChI=1S/C18H14F3N3O2.C2HF3O2/c19-11-6-13(21)12(20)4-9(11)10-5-17-23-15-3-8(18(25)26)1-2-16(15)24(17)7-14(10)22;3-2(4,5)1(6)7/h1-4,6,10,14H,5,7,22H2,(H,25,26);(H,6,7)/t10-,14+;/m1./s1. The van der Waals surface area contributed by atoms with E-state index in [0.29, 0.717) is 24.0 Å². The van der Waals surface area contributed by atoms with Crippen molar-refractivity contribution in [1.29, 1.82) is 0 Å². The second-order valence-electron chi connectivity index (χ2n) is 7.21. The lowest BCUT2D eigenvalue weighted by atomic mass is 9.86. The van der Waals surface area contributed by atoms with Gasteiger partial charge in [0.2, 0.25) is 0 Å². The molecule has 0 unspecified atom stereocenters. The van der Waals surface area contributed by atoms with Gasteiger partial charge in [0.15, 0.2) is 11.6 Å². The Bertz CT molecular complexity index is 1240. The van der Waals surface area contributed by atoms with E-state index >= 15 is 0 Å². The Labute approximate surface area is 181 Å². The van der Waals surface area contributed by atoms with Gasteiger partial charge in [0.1, 0.15) is 11.6 Å². The van der Waals surface area contributed by atoms with E-state index in [9.17, 15) is 31.1 Å². The first kappa shape index (κ1) is 24.0. The molecule has 13 heteroatoms. The van der Waals surface area contributed by atoms with Crippen molar-refractivity contribution >= 4 is 23.0 Å². The highest BCUT2D eigenvalue weighted by molar-refractivity contribution is 5.92. The number of nitrogens with zero attached hydrogens (tertiary/aromatic N) is 2. The van der Waals surface area contributed by atoms with Gasteiger partial charge in [0, 0.05) is 31.0 Å². The molecule has 1 aromatic heterocycles. The average Bonchev–Trinajstić information content (AvgIpc) is 3.06. The lowest BCUT2D eigenvalue weighted by Gasteiger charge is -2.30. The summed E-state index contributed by atoms with van der Waals surface area (Å²) in [5.74, 6) is -7.00. The molecule has 1 aliphatic heterocycles. The molecular formula is C20H15F6N3O4. The second kappa shape index (κ2) is 8.73. The second-order valence-corrected chi connectivity index (χ2v) is 7.21. The molecule has 3 aromatic rings. The lowest BCUT2D eigenvalue weighted by Crippen LogP contribution is -2.39. The van der Waals surface area contributed by atoms with Crippen LogP contribution >= 0.6 is 0 Å². The molecule has 0 radical (unpaired) electrons. The number of aromatic nitrogens is 2. The number of carboxylic acid groups (broad SMARTS) is 2. The number of nitrogens with two attached hydrogens (primary N) is 1. The van der Waals surface area contributed by atoms with Crippen LogP contribution in [0, 0.1) is 17.5 Å². The molecular weight excluding hydrogens is 460 g/mol. The van der Waals surface area contributed by atoms with E-state index in [-0.39, 0.29) is 17.5 Å². The molecule has 7 nitrogen and oxygen atoms in total. The summed E-state index contributed by atoms with van der Waals surface area (Å²) in [6.45, 7) is 0.307. The molecule has 0 fully saturated rings. The van der Waals surface area contributed by atoms with Crippen LogP contribution in [0.25, 0.3) is 11.0 Å². The number of aromatic carboxylic acids is 1. The van der Waals surface area contributed by atoms with Crippen LogP contribution in [0.15, 0.2) is 30.3 Å². The van der Waals surface area contributed by atoms with Crippen molar-refractivity contribution in [1.82, 2.24) is 9.55 Å². The topological polar surface area (TPSA) is 118 Å². The highest BCUT2D eigenvalue weighted by Crippen LogP contribution is 2.33. The third-order valence-corrected chi connectivity index (χ3v) is 5.07. The normalized spacial score (nSPS) is 17.8. The Morgan fingerprint density at radius 2 is 1.64 bits per heavy atom. The third-order valence-electron chi connectivity index (χ3n) is 5.07. The number of aliphatic carboxylic acids is 1. The van der Waals surface area contributed by atoms with E-state index in [0.717, 1.165) is 11.6 Å². The molecule has 0 aliphatic carbocycles. The van der Waals surface area contributed by atoms with Gasteiger partial charge in [-0.2, -0.15) is 13.2 Å². The molecule has 2 atom stereocenters. The van der Waals surface area contributed by atoms with Gasteiger partial charge < -0.3 is 20.5 Å². The largest absolute Gasteiger partial charge is 0.490 e. The molecule has 33 heavy (non-hydrogen) atoms. The number of carbonyl (C=O) groups is 2. The average molecular weight is 475 g/mol. The highest BCUT2D eigenvalue weighted by Gasteiger charge is 2.38. The van der Waals surface area contributed by atoms with E-state index in [1.54, 1.807) is 6.07 Å². The Kier molecular flexibility index (Phi) is 6.36. The van der Waals surface area contributed by atoms with Crippen molar-refractivity contribution in [2.75, 3.05) is 0 Å². The van der Waals surface area contributed by atoms with Crippen LogP contribution in [0.3, 0.4) is 0 Å². The maximum atomic E-state index is 14.2. The number of imidazole rings is 1. The molecule has 0 saturated carbocycles. The number of alkyl halides is 3. The van der Waals surface area contributed by atoms with Gasteiger partial charge in [-0.3, -0.25) is 0 Å². The van der Waals surface area contributed by atoms with Crippen LogP contribution in [0.2, 0.25) is 0 Å². The number of hydrogen-bond acceptors (Lipinski definition) is 4. The monoisotopic (exact) mass is 475 g/mol. The first-order valence-electron chi connectivity index (χ1n) is 9.22. The van der Waals surface area contributed by atoms with Gasteiger partial charge in [0.25, 0.3) is 0 Å². The molecule has 4 rings (SSSR count). The SMILES string of the molecule is N[C@H]1Cn2c(nc3cc(C(=O)O)ccc32)C[C@@H]1c1cc(F)c(F)cc1F.O=C(O)C(F)(F)F. The maximum absolute atomic E-state index is 14.2. The summed E-state index contributed by atoms with van der Waals surface area (Å²) >= 11 is 0. The highest BCUT2D eigenvalue weighted by atomic mass is 19.4. The molecule has 4 N–H and O–H groups in total. The first-order chi connectivity index (χ1) is 15.3. The van der Waals surface area contributed by atoms with Crippen LogP contribution in [-0.4, -0.2) is 43.9 Å². The summed E-state index contributed by atoms with van der Waals surface area (Å²) in [7, 11) is 0. The Morgan fingerprint density at radius 1 is 1.03 bits per heavy atom. The minimum atomic E-state index is -5.08. The quantitative estimate of drug-likeness (QED) is 0.386. The third kappa shape index (κ3) is 4.92. The molecule has 176 valence electrons. The van der Waals surface area contributed by atoms with Crippen LogP contribution in [0.4, 0.5) is 26.3 Å². The van der Waals surface area contributed by atoms with Crippen LogP contribution in [0.5, 0.6) is 0 Å². The van der Waals surface area contributed by atoms with Crippen LogP contribution in [-0.2, 0) is 17.8 Å². The molecule has 0 saturated heterocycles. The van der Waals surface area contributed by atoms with E-state index in [4.69, 9.17) is 20.7 Å². The zero-order chi connectivity index (χ0) is 24.7. The summed E-state index contributed by atoms with van der Waals surface area (Å²) in [5.41, 5.74) is 7.54. The summed E-state index contributed by atoms with van der Waals surface area (Å²) in [6.07, 6.45) is -4.85. The number of rotatable bonds is 2. The van der Waals surface area contributed by atoms with Gasteiger partial charge in [-0.25, -0.2) is 27.7 Å². The van der Waals surface area contributed by atoms with Gasteiger partial charge in [-0.1, -0.05) is 0 Å². The van der Waals surface area contributed by atoms with Gasteiger partial charge in [-0.15, -0.1) is 0 Å². The smallest absolute Gasteiger partial charge is 0.478 e. The van der Waals surface area contributed by atoms with Gasteiger partial charge in [0.05, 0.1) is 16.6 Å². The fourth-order valence-corrected chi connectivity index (χ4v) is 3.52. The molecule has 1 aliphatic rings. The zero-order valence-corrected chi connectivity index (χ0v) is 16.4. The summed E-state index contributed by atoms with van der Waals surface area (Å²) in [5, 5.41) is 16.2. The number of halogens is 6. The van der Waals surface area contributed by atoms with E-state index < -0.39 is 47.5 Å². The predicted octanol–water partition coefficient (Wildman–Crippen LogP) is 3.45. The van der Waals surface area contributed by atoms with Gasteiger partial charge >= 0.3 is 18.1 Å². The fourth-order valence-electron chi connectivity index (χ4n) is 3.52. The van der Waals surface area contributed by atoms with Crippen molar-refractivity contribution in [3.8, 4) is 0 Å². The van der Waals surface area contributed by atoms with E-state index in [2.05, 4.69) is 4.98 Å². The van der Waals surface area contributed by atoms with E-state index in [1.807, 2.05) is 4.57 Å². The van der Waals surface area contributed by atoms with Crippen LogP contribution in [0.1, 0.15) is 27.7 Å². The van der Waals surface area contributed by atoms with E-state index in [1.165, 1.54) is 12.1 Å². The van der Waals surface area contributed by atoms with Crippen molar-refractivity contribution < 1.29 is 46.1 Å². The zero-order valence-electron chi connectivity index (χ0n) is 16.4. The minimum Gasteiger partial charge on any atom is -0.478 e.